The first-order chi connectivity index (χ1) is 27.3. The van der Waals surface area contributed by atoms with Crippen LogP contribution in [-0.4, -0.2) is 99.7 Å². The quantitative estimate of drug-likeness (QED) is 0.102. The summed E-state index contributed by atoms with van der Waals surface area (Å²) >= 11 is 0. The molecule has 1 fully saturated rings. The lowest BCUT2D eigenvalue weighted by molar-refractivity contribution is -0.151. The van der Waals surface area contributed by atoms with Crippen molar-refractivity contribution in [1.82, 2.24) is 36.1 Å². The van der Waals surface area contributed by atoms with Gasteiger partial charge in [0.15, 0.2) is 0 Å². The van der Waals surface area contributed by atoms with Gasteiger partial charge in [-0.25, -0.2) is 14.6 Å². The summed E-state index contributed by atoms with van der Waals surface area (Å²) in [5, 5.41) is 13.2. The molecule has 320 valence electrons. The number of carbonyl (C=O) groups excluding carboxylic acids is 7. The number of aryl methyl sites for hydroxylation is 2. The van der Waals surface area contributed by atoms with Crippen molar-refractivity contribution in [3.05, 3.63) is 54.1 Å². The van der Waals surface area contributed by atoms with Crippen LogP contribution < -0.4 is 26.6 Å². The molecular weight excluding hydrogens is 750 g/mol. The zero-order chi connectivity index (χ0) is 43.0. The maximum absolute atomic E-state index is 14.1. The standard InChI is InChI=1S/C41H61N7O10/c1-26(37(53)56-8)43-34(50)30(21-22-33(49)57-29-17-13-10-14-18-29)44-35(51)31(20-19-27-15-11-9-12-16-27)45-38(54)41(5,6)47-36(52)32(23-28-24-42-25-48(28)7)46-39(55)58-40(2,3)4/h9,11-12,15-16,24-26,29-32H,10,13-14,17-23H2,1-8H3,(H,43,50)(H,44,51)(H,45,54)(H,46,55)(H,47,52)/t26-,30-,31-,32-/m0/s1. The van der Waals surface area contributed by atoms with E-state index in [0.29, 0.717) is 12.1 Å². The van der Waals surface area contributed by atoms with Crippen molar-refractivity contribution in [3.63, 3.8) is 0 Å². The lowest BCUT2D eigenvalue weighted by Gasteiger charge is -2.31. The molecule has 5 amide bonds. The normalized spacial score (nSPS) is 15.4. The molecule has 1 aromatic heterocycles. The van der Waals surface area contributed by atoms with Gasteiger partial charge in [0, 0.05) is 31.8 Å². The van der Waals surface area contributed by atoms with E-state index >= 15 is 0 Å². The van der Waals surface area contributed by atoms with E-state index < -0.39 is 77.0 Å². The van der Waals surface area contributed by atoms with Crippen LogP contribution in [-0.2, 0) is 62.9 Å². The molecule has 0 spiro atoms. The van der Waals surface area contributed by atoms with Gasteiger partial charge in [0.2, 0.25) is 23.6 Å². The summed E-state index contributed by atoms with van der Waals surface area (Å²) in [7, 11) is 2.91. The average Bonchev–Trinajstić information content (AvgIpc) is 3.57. The van der Waals surface area contributed by atoms with Crippen LogP contribution in [0.5, 0.6) is 0 Å². The Morgan fingerprint density at radius 1 is 0.828 bits per heavy atom. The number of aromatic nitrogens is 2. The Labute approximate surface area is 340 Å². The number of amides is 5. The lowest BCUT2D eigenvalue weighted by atomic mass is 9.98. The minimum absolute atomic E-state index is 0.0215. The van der Waals surface area contributed by atoms with Crippen LogP contribution in [0.1, 0.15) is 104 Å². The van der Waals surface area contributed by atoms with E-state index in [9.17, 15) is 33.6 Å². The van der Waals surface area contributed by atoms with Crippen LogP contribution in [0.3, 0.4) is 0 Å². The molecule has 1 heterocycles. The molecule has 4 atom stereocenters. The predicted molar refractivity (Wildman–Crippen MR) is 213 cm³/mol. The van der Waals surface area contributed by atoms with Gasteiger partial charge in [-0.3, -0.25) is 24.0 Å². The van der Waals surface area contributed by atoms with E-state index in [0.717, 1.165) is 37.7 Å². The van der Waals surface area contributed by atoms with E-state index in [-0.39, 0.29) is 31.8 Å². The van der Waals surface area contributed by atoms with Gasteiger partial charge in [0.05, 0.1) is 13.4 Å². The summed E-state index contributed by atoms with van der Waals surface area (Å²) in [4.78, 5) is 97.2. The van der Waals surface area contributed by atoms with E-state index in [2.05, 4.69) is 31.6 Å². The number of rotatable bonds is 19. The van der Waals surface area contributed by atoms with Crippen molar-refractivity contribution >= 4 is 41.7 Å². The first-order valence-corrected chi connectivity index (χ1v) is 19.8. The van der Waals surface area contributed by atoms with Gasteiger partial charge >= 0.3 is 18.0 Å². The molecule has 2 aromatic rings. The number of hydrogen-bond donors (Lipinski definition) is 5. The number of ether oxygens (including phenoxy) is 3. The Kier molecular flexibility index (Phi) is 17.7. The smallest absolute Gasteiger partial charge is 0.408 e. The third-order valence-electron chi connectivity index (χ3n) is 9.56. The number of carbonyl (C=O) groups is 7. The molecule has 17 nitrogen and oxygen atoms in total. The molecule has 58 heavy (non-hydrogen) atoms. The Morgan fingerprint density at radius 3 is 2.07 bits per heavy atom. The Bertz CT molecular complexity index is 1720. The molecule has 3 rings (SSSR count). The first-order valence-electron chi connectivity index (χ1n) is 19.8. The highest BCUT2D eigenvalue weighted by Crippen LogP contribution is 2.21. The fourth-order valence-electron chi connectivity index (χ4n) is 6.25. The van der Waals surface area contributed by atoms with Crippen LogP contribution in [0.15, 0.2) is 42.9 Å². The minimum Gasteiger partial charge on any atom is -0.467 e. The van der Waals surface area contributed by atoms with E-state index in [1.54, 1.807) is 44.9 Å². The molecule has 0 unspecified atom stereocenters. The zero-order valence-electron chi connectivity index (χ0n) is 35.0. The summed E-state index contributed by atoms with van der Waals surface area (Å²) in [6, 6.07) is 4.49. The molecule has 17 heteroatoms. The van der Waals surface area contributed by atoms with Gasteiger partial charge in [0.25, 0.3) is 0 Å². The van der Waals surface area contributed by atoms with E-state index in [1.807, 2.05) is 30.3 Å². The molecule has 5 N–H and O–H groups in total. The SMILES string of the molecule is COC(=O)[C@H](C)NC(=O)[C@H](CCC(=O)OC1CCCCC1)NC(=O)[C@H](CCc1ccccc1)NC(=O)C(C)(C)NC(=O)[C@H](Cc1cncn1C)NC(=O)OC(C)(C)C. The van der Waals surface area contributed by atoms with Crippen LogP contribution in [0.25, 0.3) is 0 Å². The number of esters is 2. The highest BCUT2D eigenvalue weighted by molar-refractivity contribution is 5.97. The maximum atomic E-state index is 14.1. The van der Waals surface area contributed by atoms with Gasteiger partial charge in [0.1, 0.15) is 41.4 Å². The van der Waals surface area contributed by atoms with Gasteiger partial charge < -0.3 is 45.4 Å². The van der Waals surface area contributed by atoms with E-state index in [4.69, 9.17) is 14.2 Å². The molecule has 0 radical (unpaired) electrons. The number of imidazole rings is 1. The molecular formula is C41H61N7O10. The van der Waals surface area contributed by atoms with Crippen molar-refractivity contribution < 1.29 is 47.8 Å². The van der Waals surface area contributed by atoms with Crippen LogP contribution in [0, 0.1) is 0 Å². The largest absolute Gasteiger partial charge is 0.467 e. The maximum Gasteiger partial charge on any atom is 0.408 e. The number of nitrogens with one attached hydrogen (secondary N) is 5. The lowest BCUT2D eigenvalue weighted by Crippen LogP contribution is -2.62. The van der Waals surface area contributed by atoms with Crippen molar-refractivity contribution in [2.24, 2.45) is 7.05 Å². The van der Waals surface area contributed by atoms with Gasteiger partial charge in [-0.2, -0.15) is 0 Å². The van der Waals surface area contributed by atoms with Crippen LogP contribution in [0.2, 0.25) is 0 Å². The molecule has 1 aromatic carbocycles. The third kappa shape index (κ3) is 15.8. The highest BCUT2D eigenvalue weighted by atomic mass is 16.6. The fraction of sp³-hybridized carbons (Fsp3) is 0.610. The van der Waals surface area contributed by atoms with Crippen molar-refractivity contribution in [3.8, 4) is 0 Å². The number of hydrogen-bond acceptors (Lipinski definition) is 11. The van der Waals surface area contributed by atoms with Gasteiger partial charge in [-0.1, -0.05) is 36.8 Å². The second-order valence-corrected chi connectivity index (χ2v) is 16.2. The summed E-state index contributed by atoms with van der Waals surface area (Å²) in [6.45, 7) is 9.37. The number of methoxy groups -OCH3 is 1. The minimum atomic E-state index is -1.63. The summed E-state index contributed by atoms with van der Waals surface area (Å²) in [5.74, 6) is -4.14. The first kappa shape index (κ1) is 46.9. The van der Waals surface area contributed by atoms with Crippen molar-refractivity contribution in [2.75, 3.05) is 7.11 Å². The summed E-state index contributed by atoms with van der Waals surface area (Å²) in [6.07, 6.45) is 6.67. The summed E-state index contributed by atoms with van der Waals surface area (Å²) in [5.41, 5.74) is -0.972. The monoisotopic (exact) mass is 811 g/mol. The zero-order valence-corrected chi connectivity index (χ0v) is 35.0. The van der Waals surface area contributed by atoms with Gasteiger partial charge in [-0.15, -0.1) is 0 Å². The number of alkyl carbamates (subject to hydrolysis) is 1. The topological polar surface area (TPSA) is 225 Å². The molecule has 1 saturated carbocycles. The average molecular weight is 812 g/mol. The molecule has 1 aliphatic carbocycles. The third-order valence-corrected chi connectivity index (χ3v) is 9.56. The second kappa shape index (κ2) is 21.9. The Morgan fingerprint density at radius 2 is 1.47 bits per heavy atom. The number of benzene rings is 1. The Balaban J connectivity index is 1.82. The van der Waals surface area contributed by atoms with Crippen molar-refractivity contribution in [1.29, 1.82) is 0 Å². The molecule has 0 aliphatic heterocycles. The molecule has 0 bridgehead atoms. The molecule has 0 saturated heterocycles. The summed E-state index contributed by atoms with van der Waals surface area (Å²) < 4.78 is 17.4. The second-order valence-electron chi connectivity index (χ2n) is 16.2. The van der Waals surface area contributed by atoms with Crippen LogP contribution in [0.4, 0.5) is 4.79 Å². The highest BCUT2D eigenvalue weighted by Gasteiger charge is 2.37. The molecule has 1 aliphatic rings. The van der Waals surface area contributed by atoms with Gasteiger partial charge in [-0.05, 0) is 92.1 Å². The predicted octanol–water partition coefficient (Wildman–Crippen LogP) is 2.69. The van der Waals surface area contributed by atoms with Crippen LogP contribution >= 0.6 is 0 Å². The van der Waals surface area contributed by atoms with E-state index in [1.165, 1.54) is 27.9 Å². The Hall–Kier alpha value is -5.48. The fourth-order valence-corrected chi connectivity index (χ4v) is 6.25. The van der Waals surface area contributed by atoms with Crippen molar-refractivity contribution in [2.45, 2.75) is 147 Å². The number of nitrogens with zero attached hydrogens (tertiary/aromatic N) is 2.